The van der Waals surface area contributed by atoms with E-state index in [2.05, 4.69) is 4.98 Å². The van der Waals surface area contributed by atoms with Gasteiger partial charge >= 0.3 is 0 Å². The minimum Gasteiger partial charge on any atom is -0.382 e. The average Bonchev–Trinajstić information content (AvgIpc) is 2.38. The number of hydrogen-bond acceptors (Lipinski definition) is 3. The van der Waals surface area contributed by atoms with Crippen molar-refractivity contribution in [1.82, 2.24) is 4.98 Å². The summed E-state index contributed by atoms with van der Waals surface area (Å²) in [5.74, 6) is 0.904. The Morgan fingerprint density at radius 2 is 1.79 bits per heavy atom. The van der Waals surface area contributed by atoms with Gasteiger partial charge in [-0.2, -0.15) is 0 Å². The Kier molecular flexibility index (Phi) is 4.17. The lowest BCUT2D eigenvalue weighted by atomic mass is 10.2. The highest BCUT2D eigenvalue weighted by molar-refractivity contribution is 6.37. The molecule has 2 rings (SSSR count). The van der Waals surface area contributed by atoms with Crippen molar-refractivity contribution in [3.05, 3.63) is 45.9 Å². The number of rotatable bonds is 3. The topological polar surface area (TPSA) is 42.2 Å². The first-order chi connectivity index (χ1) is 9.02. The number of anilines is 3. The first-order valence-electron chi connectivity index (χ1n) is 5.98. The summed E-state index contributed by atoms with van der Waals surface area (Å²) in [4.78, 5) is 6.28. The molecule has 5 heteroatoms. The molecule has 0 fully saturated rings. The lowest BCUT2D eigenvalue weighted by Gasteiger charge is -2.23. The Morgan fingerprint density at radius 1 is 1.16 bits per heavy atom. The molecule has 100 valence electrons. The minimum absolute atomic E-state index is 0.284. The fraction of sp³-hybridized carbons (Fsp3) is 0.214. The standard InChI is InChI=1S/C14H15Cl2N3/c1-3-19(10-6-4-9(2)5-7-10)14-12(16)8-11(15)13(17)18-14/h4-8H,3H2,1-2H3,(H2,17,18). The number of benzene rings is 1. The van der Waals surface area contributed by atoms with Crippen LogP contribution in [0.4, 0.5) is 17.3 Å². The van der Waals surface area contributed by atoms with Crippen molar-refractivity contribution in [2.24, 2.45) is 0 Å². The van der Waals surface area contributed by atoms with Crippen LogP contribution in [0.2, 0.25) is 10.0 Å². The quantitative estimate of drug-likeness (QED) is 0.910. The molecule has 1 aromatic heterocycles. The molecule has 2 aromatic rings. The molecule has 19 heavy (non-hydrogen) atoms. The number of pyridine rings is 1. The number of halogens is 2. The maximum Gasteiger partial charge on any atom is 0.154 e. The van der Waals surface area contributed by atoms with Gasteiger partial charge < -0.3 is 10.6 Å². The first-order valence-corrected chi connectivity index (χ1v) is 6.74. The van der Waals surface area contributed by atoms with E-state index in [1.807, 2.05) is 43.0 Å². The van der Waals surface area contributed by atoms with Crippen molar-refractivity contribution in [1.29, 1.82) is 0 Å². The predicted molar refractivity (Wildman–Crippen MR) is 82.5 cm³/mol. The molecule has 0 radical (unpaired) electrons. The number of nitrogens with zero attached hydrogens (tertiary/aromatic N) is 2. The summed E-state index contributed by atoms with van der Waals surface area (Å²) in [6.07, 6.45) is 0. The van der Waals surface area contributed by atoms with E-state index < -0.39 is 0 Å². The van der Waals surface area contributed by atoms with Gasteiger partial charge in [0.15, 0.2) is 5.82 Å². The highest BCUT2D eigenvalue weighted by atomic mass is 35.5. The van der Waals surface area contributed by atoms with Gasteiger partial charge in [-0.1, -0.05) is 40.9 Å². The summed E-state index contributed by atoms with van der Waals surface area (Å²) in [6.45, 7) is 4.81. The van der Waals surface area contributed by atoms with Crippen molar-refractivity contribution < 1.29 is 0 Å². The monoisotopic (exact) mass is 295 g/mol. The van der Waals surface area contributed by atoms with E-state index in [0.717, 1.165) is 12.2 Å². The maximum atomic E-state index is 6.21. The van der Waals surface area contributed by atoms with Crippen molar-refractivity contribution in [2.45, 2.75) is 13.8 Å². The SMILES string of the molecule is CCN(c1ccc(C)cc1)c1nc(N)c(Cl)cc1Cl. The second kappa shape index (κ2) is 5.68. The number of nitrogens with two attached hydrogens (primary N) is 1. The zero-order chi connectivity index (χ0) is 14.0. The third-order valence-corrected chi connectivity index (χ3v) is 3.44. The minimum atomic E-state index is 0.284. The van der Waals surface area contributed by atoms with Crippen molar-refractivity contribution in [2.75, 3.05) is 17.2 Å². The van der Waals surface area contributed by atoms with Crippen LogP contribution < -0.4 is 10.6 Å². The average molecular weight is 296 g/mol. The van der Waals surface area contributed by atoms with Gasteiger partial charge in [0.1, 0.15) is 5.82 Å². The van der Waals surface area contributed by atoms with Gasteiger partial charge in [-0.05, 0) is 32.0 Å². The van der Waals surface area contributed by atoms with Crippen LogP contribution in [0.15, 0.2) is 30.3 Å². The zero-order valence-corrected chi connectivity index (χ0v) is 12.3. The Labute approximate surface area is 123 Å². The first kappa shape index (κ1) is 14.0. The molecule has 0 aliphatic carbocycles. The Morgan fingerprint density at radius 3 is 2.37 bits per heavy atom. The normalized spacial score (nSPS) is 10.5. The molecule has 2 N–H and O–H groups in total. The molecule has 0 spiro atoms. The zero-order valence-electron chi connectivity index (χ0n) is 10.8. The Bertz CT molecular complexity index is 582. The van der Waals surface area contributed by atoms with Crippen LogP contribution in [0.5, 0.6) is 0 Å². The van der Waals surface area contributed by atoms with E-state index >= 15 is 0 Å². The van der Waals surface area contributed by atoms with Gasteiger partial charge in [-0.15, -0.1) is 0 Å². The molecular formula is C14H15Cl2N3. The Hall–Kier alpha value is -1.45. The molecule has 3 nitrogen and oxygen atoms in total. The van der Waals surface area contributed by atoms with Crippen molar-refractivity contribution in [3.63, 3.8) is 0 Å². The maximum absolute atomic E-state index is 6.21. The molecule has 0 aliphatic heterocycles. The molecule has 0 bridgehead atoms. The molecule has 0 unspecified atom stereocenters. The molecule has 0 amide bonds. The summed E-state index contributed by atoms with van der Waals surface area (Å²) in [7, 11) is 0. The van der Waals surface area contributed by atoms with Crippen LogP contribution in [0, 0.1) is 6.92 Å². The lowest BCUT2D eigenvalue weighted by Crippen LogP contribution is -2.18. The van der Waals surface area contributed by atoms with E-state index in [-0.39, 0.29) is 5.82 Å². The fourth-order valence-corrected chi connectivity index (χ4v) is 2.30. The number of aromatic nitrogens is 1. The molecule has 0 atom stereocenters. The van der Waals surface area contributed by atoms with E-state index in [1.54, 1.807) is 6.07 Å². The van der Waals surface area contributed by atoms with Crippen molar-refractivity contribution in [3.8, 4) is 0 Å². The number of aryl methyl sites for hydroxylation is 1. The van der Waals surface area contributed by atoms with Crippen LogP contribution >= 0.6 is 23.2 Å². The summed E-state index contributed by atoms with van der Waals surface area (Å²) in [5.41, 5.74) is 7.98. The van der Waals surface area contributed by atoms with Gasteiger partial charge in [-0.25, -0.2) is 4.98 Å². The fourth-order valence-electron chi connectivity index (χ4n) is 1.84. The smallest absolute Gasteiger partial charge is 0.154 e. The summed E-state index contributed by atoms with van der Waals surface area (Å²) in [5, 5.41) is 0.857. The number of nitrogen functional groups attached to an aromatic ring is 1. The molecule has 0 aliphatic rings. The van der Waals surface area contributed by atoms with Crippen LogP contribution in [0.1, 0.15) is 12.5 Å². The summed E-state index contributed by atoms with van der Waals surface area (Å²) < 4.78 is 0. The summed E-state index contributed by atoms with van der Waals surface area (Å²) >= 11 is 12.1. The number of hydrogen-bond donors (Lipinski definition) is 1. The van der Waals surface area contributed by atoms with Gasteiger partial charge in [0, 0.05) is 12.2 Å². The second-order valence-electron chi connectivity index (χ2n) is 4.24. The van der Waals surface area contributed by atoms with Gasteiger partial charge in [0.2, 0.25) is 0 Å². The van der Waals surface area contributed by atoms with Gasteiger partial charge in [0.05, 0.1) is 10.0 Å². The third-order valence-electron chi connectivity index (χ3n) is 2.86. The predicted octanol–water partition coefficient (Wildman–Crippen LogP) is 4.44. The van der Waals surface area contributed by atoms with E-state index in [0.29, 0.717) is 15.9 Å². The molecule has 0 saturated heterocycles. The second-order valence-corrected chi connectivity index (χ2v) is 5.06. The van der Waals surface area contributed by atoms with Gasteiger partial charge in [0.25, 0.3) is 0 Å². The third kappa shape index (κ3) is 2.94. The molecular weight excluding hydrogens is 281 g/mol. The molecule has 1 aromatic carbocycles. The van der Waals surface area contributed by atoms with Crippen molar-refractivity contribution >= 4 is 40.5 Å². The van der Waals surface area contributed by atoms with E-state index in [1.165, 1.54) is 5.56 Å². The van der Waals surface area contributed by atoms with Crippen LogP contribution in [0.3, 0.4) is 0 Å². The molecule has 1 heterocycles. The van der Waals surface area contributed by atoms with E-state index in [9.17, 15) is 0 Å². The summed E-state index contributed by atoms with van der Waals surface area (Å²) in [6, 6.07) is 9.78. The largest absolute Gasteiger partial charge is 0.382 e. The lowest BCUT2D eigenvalue weighted by molar-refractivity contribution is 0.991. The van der Waals surface area contributed by atoms with Crippen LogP contribution in [-0.4, -0.2) is 11.5 Å². The molecule has 0 saturated carbocycles. The van der Waals surface area contributed by atoms with Crippen LogP contribution in [0.25, 0.3) is 0 Å². The highest BCUT2D eigenvalue weighted by Gasteiger charge is 2.14. The van der Waals surface area contributed by atoms with Gasteiger partial charge in [-0.3, -0.25) is 0 Å². The van der Waals surface area contributed by atoms with E-state index in [4.69, 9.17) is 28.9 Å². The van der Waals surface area contributed by atoms with Crippen LogP contribution in [-0.2, 0) is 0 Å². The highest BCUT2D eigenvalue weighted by Crippen LogP contribution is 2.33. The Balaban J connectivity index is 2.47.